The molecule has 3 heteroatoms. The van der Waals surface area contributed by atoms with Crippen molar-refractivity contribution in [2.24, 2.45) is 5.73 Å². The summed E-state index contributed by atoms with van der Waals surface area (Å²) < 4.78 is 0. The molecule has 3 nitrogen and oxygen atoms in total. The molecular weight excluding hydrogens is 224 g/mol. The first kappa shape index (κ1) is 13.1. The van der Waals surface area contributed by atoms with E-state index in [1.807, 2.05) is 17.0 Å². The fraction of sp³-hybridized carbons (Fsp3) is 0.533. The van der Waals surface area contributed by atoms with Gasteiger partial charge in [0.1, 0.15) is 0 Å². The molecule has 1 aromatic carbocycles. The van der Waals surface area contributed by atoms with E-state index in [-0.39, 0.29) is 11.9 Å². The number of carbonyl (C=O) groups is 1. The lowest BCUT2D eigenvalue weighted by atomic mass is 10.0. The van der Waals surface area contributed by atoms with Gasteiger partial charge in [0.2, 0.25) is 5.91 Å². The number of amides is 1. The molecule has 2 rings (SSSR count). The second-order valence-corrected chi connectivity index (χ2v) is 5.17. The third kappa shape index (κ3) is 3.33. The Morgan fingerprint density at radius 3 is 2.94 bits per heavy atom. The Kier molecular flexibility index (Phi) is 4.37. The van der Waals surface area contributed by atoms with Crippen molar-refractivity contribution in [3.05, 3.63) is 35.4 Å². The van der Waals surface area contributed by atoms with E-state index in [2.05, 4.69) is 19.1 Å². The van der Waals surface area contributed by atoms with E-state index in [1.165, 1.54) is 5.56 Å². The number of nitrogens with two attached hydrogens (primary N) is 1. The summed E-state index contributed by atoms with van der Waals surface area (Å²) in [7, 11) is 0. The number of rotatable bonds is 3. The lowest BCUT2D eigenvalue weighted by molar-refractivity contribution is -0.130. The van der Waals surface area contributed by atoms with Gasteiger partial charge in [0.25, 0.3) is 0 Å². The van der Waals surface area contributed by atoms with Crippen LogP contribution in [-0.2, 0) is 4.79 Å². The molecule has 1 atom stereocenters. The zero-order chi connectivity index (χ0) is 13.0. The topological polar surface area (TPSA) is 46.3 Å². The highest BCUT2D eigenvalue weighted by molar-refractivity contribution is 5.76. The first-order chi connectivity index (χ1) is 8.66. The smallest absolute Gasteiger partial charge is 0.222 e. The van der Waals surface area contributed by atoms with E-state index in [1.54, 1.807) is 0 Å². The lowest BCUT2D eigenvalue weighted by Gasteiger charge is -2.24. The van der Waals surface area contributed by atoms with Crippen molar-refractivity contribution in [2.45, 2.75) is 38.6 Å². The van der Waals surface area contributed by atoms with Crippen LogP contribution in [0.5, 0.6) is 0 Å². The Morgan fingerprint density at radius 1 is 1.33 bits per heavy atom. The SMILES string of the molecule is Cc1cccc(C(N)CN2CCCCCC2=O)c1. The first-order valence-electron chi connectivity index (χ1n) is 6.77. The van der Waals surface area contributed by atoms with Gasteiger partial charge in [-0.15, -0.1) is 0 Å². The molecule has 1 fully saturated rings. The molecule has 1 amide bonds. The summed E-state index contributed by atoms with van der Waals surface area (Å²) in [6.45, 7) is 3.56. The Hall–Kier alpha value is -1.35. The van der Waals surface area contributed by atoms with Gasteiger partial charge in [0.15, 0.2) is 0 Å². The summed E-state index contributed by atoms with van der Waals surface area (Å²) in [6, 6.07) is 8.15. The van der Waals surface area contributed by atoms with Crippen LogP contribution in [0.4, 0.5) is 0 Å². The predicted octanol–water partition coefficient (Wildman–Crippen LogP) is 2.40. The van der Waals surface area contributed by atoms with E-state index in [0.717, 1.165) is 31.4 Å². The van der Waals surface area contributed by atoms with Crippen molar-refractivity contribution in [1.29, 1.82) is 0 Å². The average Bonchev–Trinajstić information content (AvgIpc) is 2.55. The van der Waals surface area contributed by atoms with Crippen molar-refractivity contribution < 1.29 is 4.79 Å². The fourth-order valence-corrected chi connectivity index (χ4v) is 2.48. The van der Waals surface area contributed by atoms with E-state index >= 15 is 0 Å². The highest BCUT2D eigenvalue weighted by Gasteiger charge is 2.19. The largest absolute Gasteiger partial charge is 0.341 e. The number of carbonyl (C=O) groups excluding carboxylic acids is 1. The summed E-state index contributed by atoms with van der Waals surface area (Å²) in [5, 5.41) is 0. The minimum atomic E-state index is -0.0769. The molecule has 1 aliphatic rings. The van der Waals surface area contributed by atoms with Gasteiger partial charge in [-0.1, -0.05) is 36.2 Å². The quantitative estimate of drug-likeness (QED) is 0.890. The standard InChI is InChI=1S/C15H22N2O/c1-12-6-5-7-13(10-12)14(16)11-17-9-4-2-3-8-15(17)18/h5-7,10,14H,2-4,8-9,11,16H2,1H3. The van der Waals surface area contributed by atoms with E-state index in [4.69, 9.17) is 5.73 Å². The number of hydrogen-bond donors (Lipinski definition) is 1. The number of benzene rings is 1. The molecule has 1 saturated heterocycles. The maximum absolute atomic E-state index is 11.9. The fourth-order valence-electron chi connectivity index (χ4n) is 2.48. The van der Waals surface area contributed by atoms with Gasteiger partial charge in [0.05, 0.1) is 0 Å². The molecule has 1 aromatic rings. The first-order valence-corrected chi connectivity index (χ1v) is 6.77. The molecule has 1 aliphatic heterocycles. The summed E-state index contributed by atoms with van der Waals surface area (Å²) in [5.41, 5.74) is 8.54. The third-order valence-corrected chi connectivity index (χ3v) is 3.56. The molecular formula is C15H22N2O. The number of likely N-dealkylation sites (tertiary alicyclic amines) is 1. The van der Waals surface area contributed by atoms with Crippen molar-refractivity contribution in [3.8, 4) is 0 Å². The summed E-state index contributed by atoms with van der Waals surface area (Å²) in [6.07, 6.45) is 3.96. The van der Waals surface area contributed by atoms with Crippen LogP contribution < -0.4 is 5.73 Å². The zero-order valence-corrected chi connectivity index (χ0v) is 11.1. The van der Waals surface area contributed by atoms with Gasteiger partial charge in [-0.3, -0.25) is 4.79 Å². The lowest BCUT2D eigenvalue weighted by Crippen LogP contribution is -2.36. The molecule has 18 heavy (non-hydrogen) atoms. The maximum atomic E-state index is 11.9. The number of aryl methyl sites for hydroxylation is 1. The molecule has 98 valence electrons. The minimum Gasteiger partial charge on any atom is -0.341 e. The molecule has 0 saturated carbocycles. The summed E-state index contributed by atoms with van der Waals surface area (Å²) in [4.78, 5) is 13.8. The van der Waals surface area contributed by atoms with Crippen LogP contribution in [0.2, 0.25) is 0 Å². The average molecular weight is 246 g/mol. The van der Waals surface area contributed by atoms with Crippen LogP contribution in [0, 0.1) is 6.92 Å². The maximum Gasteiger partial charge on any atom is 0.222 e. The van der Waals surface area contributed by atoms with E-state index in [9.17, 15) is 4.79 Å². The van der Waals surface area contributed by atoms with Crippen LogP contribution in [0.1, 0.15) is 42.9 Å². The molecule has 0 radical (unpaired) electrons. The summed E-state index contributed by atoms with van der Waals surface area (Å²) >= 11 is 0. The third-order valence-electron chi connectivity index (χ3n) is 3.56. The molecule has 0 spiro atoms. The van der Waals surface area contributed by atoms with Crippen LogP contribution in [0.15, 0.2) is 24.3 Å². The molecule has 0 bridgehead atoms. The van der Waals surface area contributed by atoms with Crippen molar-refractivity contribution in [2.75, 3.05) is 13.1 Å². The Morgan fingerprint density at radius 2 is 2.17 bits per heavy atom. The van der Waals surface area contributed by atoms with Gasteiger partial charge >= 0.3 is 0 Å². The van der Waals surface area contributed by atoms with Crippen LogP contribution in [0.25, 0.3) is 0 Å². The van der Waals surface area contributed by atoms with Gasteiger partial charge < -0.3 is 10.6 Å². The predicted molar refractivity (Wildman–Crippen MR) is 73.2 cm³/mol. The molecule has 2 N–H and O–H groups in total. The number of nitrogens with zero attached hydrogens (tertiary/aromatic N) is 1. The Bertz CT molecular complexity index is 417. The number of hydrogen-bond acceptors (Lipinski definition) is 2. The second kappa shape index (κ2) is 6.01. The van der Waals surface area contributed by atoms with E-state index in [0.29, 0.717) is 13.0 Å². The Balaban J connectivity index is 2.01. The van der Waals surface area contributed by atoms with Gasteiger partial charge in [-0.05, 0) is 25.3 Å². The van der Waals surface area contributed by atoms with Crippen LogP contribution in [0.3, 0.4) is 0 Å². The molecule has 1 heterocycles. The highest BCUT2D eigenvalue weighted by atomic mass is 16.2. The van der Waals surface area contributed by atoms with Crippen molar-refractivity contribution in [1.82, 2.24) is 4.90 Å². The highest BCUT2D eigenvalue weighted by Crippen LogP contribution is 2.17. The normalized spacial score (nSPS) is 18.6. The molecule has 0 aromatic heterocycles. The molecule has 0 aliphatic carbocycles. The van der Waals surface area contributed by atoms with E-state index < -0.39 is 0 Å². The van der Waals surface area contributed by atoms with Crippen LogP contribution in [-0.4, -0.2) is 23.9 Å². The van der Waals surface area contributed by atoms with Crippen molar-refractivity contribution >= 4 is 5.91 Å². The monoisotopic (exact) mass is 246 g/mol. The summed E-state index contributed by atoms with van der Waals surface area (Å²) in [5.74, 6) is 0.260. The van der Waals surface area contributed by atoms with Crippen molar-refractivity contribution in [3.63, 3.8) is 0 Å². The van der Waals surface area contributed by atoms with Gasteiger partial charge in [-0.25, -0.2) is 0 Å². The van der Waals surface area contributed by atoms with Crippen LogP contribution >= 0.6 is 0 Å². The minimum absolute atomic E-state index is 0.0769. The Labute approximate surface area is 109 Å². The molecule has 1 unspecified atom stereocenters. The van der Waals surface area contributed by atoms with Gasteiger partial charge in [-0.2, -0.15) is 0 Å². The second-order valence-electron chi connectivity index (χ2n) is 5.17. The zero-order valence-electron chi connectivity index (χ0n) is 11.1. The van der Waals surface area contributed by atoms with Gasteiger partial charge in [0, 0.05) is 25.6 Å².